The first-order valence-corrected chi connectivity index (χ1v) is 11.7. The molecule has 2 heterocycles. The molecule has 2 saturated carbocycles. The van der Waals surface area contributed by atoms with Crippen molar-refractivity contribution in [3.8, 4) is 0 Å². The second-order valence-corrected chi connectivity index (χ2v) is 8.90. The number of rotatable bonds is 9. The molecule has 2 aromatic heterocycles. The van der Waals surface area contributed by atoms with Gasteiger partial charge in [-0.15, -0.1) is 0 Å². The third-order valence-corrected chi connectivity index (χ3v) is 6.57. The molecule has 4 rings (SSSR count). The quantitative estimate of drug-likeness (QED) is 0.533. The maximum absolute atomic E-state index is 6.07. The molecule has 0 aliphatic heterocycles. The van der Waals surface area contributed by atoms with E-state index in [1.54, 1.807) is 0 Å². The molecule has 2 aliphatic rings. The molecule has 2 aliphatic carbocycles. The number of unbranched alkanes of at least 4 members (excludes halogenated alkanes) is 3. The van der Waals surface area contributed by atoms with Crippen LogP contribution in [-0.4, -0.2) is 38.1 Å². The minimum atomic E-state index is 0.348. The molecule has 0 radical (unpaired) electrons. The molecule has 160 valence electrons. The average molecular weight is 400 g/mol. The Bertz CT molecular complexity index is 773. The van der Waals surface area contributed by atoms with Crippen LogP contribution < -0.4 is 16.4 Å². The number of hydrogen-bond donors (Lipinski definition) is 3. The number of nitrogens with one attached hydrogen (secondary N) is 2. The smallest absolute Gasteiger partial charge is 0.227 e. The van der Waals surface area contributed by atoms with E-state index in [-0.39, 0.29) is 0 Å². The van der Waals surface area contributed by atoms with Crippen LogP contribution in [0.15, 0.2) is 6.33 Å². The van der Waals surface area contributed by atoms with Gasteiger partial charge in [0.1, 0.15) is 0 Å². The Labute approximate surface area is 174 Å². The normalized spacial score (nSPS) is 23.0. The highest BCUT2D eigenvalue weighted by atomic mass is 15.2. The van der Waals surface area contributed by atoms with Crippen molar-refractivity contribution >= 4 is 22.9 Å². The lowest BCUT2D eigenvalue weighted by atomic mass is 9.92. The largest absolute Gasteiger partial charge is 0.368 e. The first kappa shape index (κ1) is 20.4. The summed E-state index contributed by atoms with van der Waals surface area (Å²) in [4.78, 5) is 14.5. The number of aromatic nitrogens is 4. The van der Waals surface area contributed by atoms with Crippen molar-refractivity contribution in [2.24, 2.45) is 5.73 Å². The fourth-order valence-corrected chi connectivity index (χ4v) is 4.76. The second-order valence-electron chi connectivity index (χ2n) is 8.90. The van der Waals surface area contributed by atoms with E-state index in [4.69, 9.17) is 20.7 Å². The Hall–Kier alpha value is -1.89. The van der Waals surface area contributed by atoms with Gasteiger partial charge < -0.3 is 20.9 Å². The second kappa shape index (κ2) is 9.74. The van der Waals surface area contributed by atoms with Crippen LogP contribution in [0.2, 0.25) is 0 Å². The topological polar surface area (TPSA) is 93.7 Å². The number of nitrogens with two attached hydrogens (primary N) is 1. The number of imidazole rings is 1. The summed E-state index contributed by atoms with van der Waals surface area (Å²) in [6, 6.07) is 1.28. The molecule has 0 bridgehead atoms. The lowest BCUT2D eigenvalue weighted by Crippen LogP contribution is -2.33. The van der Waals surface area contributed by atoms with Gasteiger partial charge in [0, 0.05) is 24.7 Å². The van der Waals surface area contributed by atoms with Crippen molar-refractivity contribution in [3.63, 3.8) is 0 Å². The fraction of sp³-hybridized carbons (Fsp3) is 0.773. The molecule has 7 heteroatoms. The van der Waals surface area contributed by atoms with Crippen LogP contribution in [0.25, 0.3) is 11.2 Å². The van der Waals surface area contributed by atoms with Gasteiger partial charge in [-0.05, 0) is 44.9 Å². The van der Waals surface area contributed by atoms with Crippen molar-refractivity contribution in [2.75, 3.05) is 17.2 Å². The summed E-state index contributed by atoms with van der Waals surface area (Å²) in [5, 5.41) is 7.14. The van der Waals surface area contributed by atoms with E-state index >= 15 is 0 Å². The molecule has 29 heavy (non-hydrogen) atoms. The number of nitrogens with zero attached hydrogens (tertiary/aromatic N) is 4. The summed E-state index contributed by atoms with van der Waals surface area (Å²) >= 11 is 0. The van der Waals surface area contributed by atoms with Crippen LogP contribution in [0.1, 0.15) is 90.0 Å². The number of fused-ring (bicyclic) bond motifs is 1. The highest BCUT2D eigenvalue weighted by Gasteiger charge is 2.23. The lowest BCUT2D eigenvalue weighted by molar-refractivity contribution is 0.410. The zero-order chi connectivity index (χ0) is 20.1. The Morgan fingerprint density at radius 2 is 1.83 bits per heavy atom. The Morgan fingerprint density at radius 1 is 1.03 bits per heavy atom. The predicted octanol–water partition coefficient (Wildman–Crippen LogP) is 4.62. The molecule has 4 N–H and O–H groups in total. The zero-order valence-corrected chi connectivity index (χ0v) is 17.9. The van der Waals surface area contributed by atoms with Gasteiger partial charge in [-0.25, -0.2) is 4.98 Å². The van der Waals surface area contributed by atoms with Crippen LogP contribution >= 0.6 is 0 Å². The van der Waals surface area contributed by atoms with Gasteiger partial charge in [-0.2, -0.15) is 9.97 Å². The van der Waals surface area contributed by atoms with E-state index < -0.39 is 0 Å². The van der Waals surface area contributed by atoms with Gasteiger partial charge in [-0.1, -0.05) is 39.0 Å². The minimum Gasteiger partial charge on any atom is -0.368 e. The highest BCUT2D eigenvalue weighted by Crippen LogP contribution is 2.33. The highest BCUT2D eigenvalue weighted by molar-refractivity contribution is 5.84. The van der Waals surface area contributed by atoms with Crippen molar-refractivity contribution in [1.82, 2.24) is 19.5 Å². The maximum Gasteiger partial charge on any atom is 0.227 e. The van der Waals surface area contributed by atoms with E-state index in [1.807, 2.05) is 6.33 Å². The summed E-state index contributed by atoms with van der Waals surface area (Å²) in [6.45, 7) is 3.17. The standard InChI is InChI=1S/C22H37N7/c1-2-3-4-7-14-24-20-19-21(29(15-25-19)18-8-5-6-9-18)28-22(27-20)26-17-12-10-16(23)11-13-17/h15-18H,2-14,23H2,1H3,(H2,24,26,27,28). The Balaban J connectivity index is 1.55. The monoisotopic (exact) mass is 399 g/mol. The fourth-order valence-electron chi connectivity index (χ4n) is 4.76. The summed E-state index contributed by atoms with van der Waals surface area (Å²) < 4.78 is 2.29. The van der Waals surface area contributed by atoms with Crippen molar-refractivity contribution in [3.05, 3.63) is 6.33 Å². The van der Waals surface area contributed by atoms with Crippen molar-refractivity contribution in [2.45, 2.75) is 102 Å². The molecular formula is C22H37N7. The SMILES string of the molecule is CCCCCCNc1nc(NC2CCC(N)CC2)nc2c1ncn2C1CCCC1. The van der Waals surface area contributed by atoms with E-state index in [1.165, 1.54) is 44.9 Å². The zero-order valence-electron chi connectivity index (χ0n) is 17.9. The van der Waals surface area contributed by atoms with Gasteiger partial charge >= 0.3 is 0 Å². The van der Waals surface area contributed by atoms with Crippen LogP contribution in [-0.2, 0) is 0 Å². The average Bonchev–Trinajstić information content (AvgIpc) is 3.39. The summed E-state index contributed by atoms with van der Waals surface area (Å²) in [5.41, 5.74) is 7.95. The third kappa shape index (κ3) is 5.00. The lowest BCUT2D eigenvalue weighted by Gasteiger charge is -2.27. The van der Waals surface area contributed by atoms with Crippen LogP contribution in [0.5, 0.6) is 0 Å². The Morgan fingerprint density at radius 3 is 2.59 bits per heavy atom. The van der Waals surface area contributed by atoms with Crippen molar-refractivity contribution in [1.29, 1.82) is 0 Å². The number of hydrogen-bond acceptors (Lipinski definition) is 6. The molecular weight excluding hydrogens is 362 g/mol. The van der Waals surface area contributed by atoms with E-state index in [9.17, 15) is 0 Å². The van der Waals surface area contributed by atoms with Gasteiger partial charge in [-0.3, -0.25) is 0 Å². The molecule has 7 nitrogen and oxygen atoms in total. The molecule has 0 atom stereocenters. The van der Waals surface area contributed by atoms with E-state index in [0.29, 0.717) is 18.1 Å². The predicted molar refractivity (Wildman–Crippen MR) is 119 cm³/mol. The molecule has 0 aromatic carbocycles. The van der Waals surface area contributed by atoms with Crippen LogP contribution in [0, 0.1) is 0 Å². The van der Waals surface area contributed by atoms with Gasteiger partial charge in [0.05, 0.1) is 6.33 Å². The molecule has 0 spiro atoms. The molecule has 2 aromatic rings. The molecule has 0 saturated heterocycles. The first-order valence-electron chi connectivity index (χ1n) is 11.7. The van der Waals surface area contributed by atoms with Gasteiger partial charge in [0.15, 0.2) is 17.0 Å². The summed E-state index contributed by atoms with van der Waals surface area (Å²) in [5.74, 6) is 1.60. The minimum absolute atomic E-state index is 0.348. The van der Waals surface area contributed by atoms with E-state index in [2.05, 4.69) is 22.1 Å². The molecule has 2 fully saturated rings. The van der Waals surface area contributed by atoms with Crippen LogP contribution in [0.3, 0.4) is 0 Å². The summed E-state index contributed by atoms with van der Waals surface area (Å²) in [7, 11) is 0. The third-order valence-electron chi connectivity index (χ3n) is 6.57. The molecule has 0 unspecified atom stereocenters. The maximum atomic E-state index is 6.07. The van der Waals surface area contributed by atoms with Crippen molar-refractivity contribution < 1.29 is 0 Å². The molecule has 0 amide bonds. The number of anilines is 2. The Kier molecular flexibility index (Phi) is 6.85. The van der Waals surface area contributed by atoms with Gasteiger partial charge in [0.2, 0.25) is 5.95 Å². The van der Waals surface area contributed by atoms with E-state index in [0.717, 1.165) is 61.6 Å². The summed E-state index contributed by atoms with van der Waals surface area (Å²) in [6.07, 6.45) is 16.3. The van der Waals surface area contributed by atoms with Gasteiger partial charge in [0.25, 0.3) is 0 Å². The first-order chi connectivity index (χ1) is 14.2. The van der Waals surface area contributed by atoms with Crippen LogP contribution in [0.4, 0.5) is 11.8 Å².